The molecule has 6 heteroatoms. The molecule has 1 aliphatic carbocycles. The van der Waals surface area contributed by atoms with E-state index in [1.54, 1.807) is 4.31 Å². The summed E-state index contributed by atoms with van der Waals surface area (Å²) in [6.45, 7) is 1.30. The topological polar surface area (TPSA) is 75.4 Å². The van der Waals surface area contributed by atoms with E-state index < -0.39 is 10.2 Å². The molecular formula is C11H23N3O2S. The fourth-order valence-corrected chi connectivity index (χ4v) is 4.24. The fourth-order valence-electron chi connectivity index (χ4n) is 2.68. The van der Waals surface area contributed by atoms with Gasteiger partial charge in [0.25, 0.3) is 10.2 Å². The first kappa shape index (κ1) is 13.3. The molecule has 0 bridgehead atoms. The van der Waals surface area contributed by atoms with Gasteiger partial charge in [-0.1, -0.05) is 19.3 Å². The highest BCUT2D eigenvalue weighted by molar-refractivity contribution is 7.87. The molecule has 0 radical (unpaired) electrons. The van der Waals surface area contributed by atoms with Crippen molar-refractivity contribution in [1.82, 2.24) is 9.03 Å². The van der Waals surface area contributed by atoms with Crippen molar-refractivity contribution >= 4 is 10.2 Å². The van der Waals surface area contributed by atoms with Crippen molar-refractivity contribution in [3.8, 4) is 0 Å². The summed E-state index contributed by atoms with van der Waals surface area (Å²) in [5.41, 5.74) is 5.97. The molecule has 100 valence electrons. The molecule has 2 rings (SSSR count). The molecule has 2 fully saturated rings. The van der Waals surface area contributed by atoms with E-state index in [4.69, 9.17) is 5.73 Å². The Morgan fingerprint density at radius 1 is 1.00 bits per heavy atom. The van der Waals surface area contributed by atoms with Crippen molar-refractivity contribution in [3.05, 3.63) is 0 Å². The van der Waals surface area contributed by atoms with Crippen LogP contribution in [-0.4, -0.2) is 37.9 Å². The highest BCUT2D eigenvalue weighted by Gasteiger charge is 2.30. The van der Waals surface area contributed by atoms with E-state index in [2.05, 4.69) is 4.72 Å². The third kappa shape index (κ3) is 3.40. The molecule has 1 heterocycles. The summed E-state index contributed by atoms with van der Waals surface area (Å²) < 4.78 is 28.7. The van der Waals surface area contributed by atoms with E-state index in [1.165, 1.54) is 0 Å². The van der Waals surface area contributed by atoms with Gasteiger partial charge in [0.1, 0.15) is 0 Å². The van der Waals surface area contributed by atoms with Crippen LogP contribution in [0.15, 0.2) is 0 Å². The maximum Gasteiger partial charge on any atom is 0.279 e. The van der Waals surface area contributed by atoms with Crippen molar-refractivity contribution < 1.29 is 8.42 Å². The molecule has 0 aromatic rings. The Morgan fingerprint density at radius 2 is 1.65 bits per heavy atom. The van der Waals surface area contributed by atoms with Crippen molar-refractivity contribution in [1.29, 1.82) is 0 Å². The summed E-state index contributed by atoms with van der Waals surface area (Å²) in [6, 6.07) is -0.0982. The van der Waals surface area contributed by atoms with E-state index in [0.29, 0.717) is 13.1 Å². The van der Waals surface area contributed by atoms with Gasteiger partial charge in [-0.3, -0.25) is 0 Å². The summed E-state index contributed by atoms with van der Waals surface area (Å²) in [4.78, 5) is 0. The first-order valence-electron chi connectivity index (χ1n) is 6.62. The van der Waals surface area contributed by atoms with Gasteiger partial charge in [0, 0.05) is 25.2 Å². The van der Waals surface area contributed by atoms with Gasteiger partial charge in [0.2, 0.25) is 0 Å². The zero-order valence-corrected chi connectivity index (χ0v) is 11.1. The van der Waals surface area contributed by atoms with Crippen LogP contribution in [0, 0.1) is 0 Å². The van der Waals surface area contributed by atoms with E-state index in [9.17, 15) is 8.42 Å². The summed E-state index contributed by atoms with van der Waals surface area (Å²) in [6.07, 6.45) is 7.05. The molecule has 5 nitrogen and oxygen atoms in total. The van der Waals surface area contributed by atoms with Gasteiger partial charge in [-0.2, -0.15) is 17.4 Å². The normalized spacial score (nSPS) is 32.5. The van der Waals surface area contributed by atoms with Crippen molar-refractivity contribution in [2.75, 3.05) is 13.1 Å². The molecule has 0 spiro atoms. The second-order valence-corrected chi connectivity index (χ2v) is 6.84. The van der Waals surface area contributed by atoms with Gasteiger partial charge in [0.15, 0.2) is 0 Å². The predicted molar refractivity (Wildman–Crippen MR) is 67.7 cm³/mol. The maximum absolute atomic E-state index is 12.2. The maximum atomic E-state index is 12.2. The number of piperidine rings is 1. The lowest BCUT2D eigenvalue weighted by atomic mass is 9.92. The Morgan fingerprint density at radius 3 is 2.29 bits per heavy atom. The third-order valence-electron chi connectivity index (χ3n) is 3.77. The summed E-state index contributed by atoms with van der Waals surface area (Å²) in [5.74, 6) is 0. The van der Waals surface area contributed by atoms with Crippen LogP contribution >= 0.6 is 0 Å². The van der Waals surface area contributed by atoms with Gasteiger partial charge in [-0.15, -0.1) is 0 Å². The number of nitrogens with two attached hydrogens (primary N) is 1. The largest absolute Gasteiger partial charge is 0.326 e. The Hall–Kier alpha value is -0.170. The van der Waals surface area contributed by atoms with Crippen molar-refractivity contribution in [3.63, 3.8) is 0 Å². The zero-order valence-electron chi connectivity index (χ0n) is 10.3. The Labute approximate surface area is 104 Å². The van der Waals surface area contributed by atoms with Crippen LogP contribution in [0.2, 0.25) is 0 Å². The molecule has 0 aromatic carbocycles. The van der Waals surface area contributed by atoms with Crippen molar-refractivity contribution in [2.24, 2.45) is 5.73 Å². The minimum Gasteiger partial charge on any atom is -0.326 e. The average molecular weight is 261 g/mol. The van der Waals surface area contributed by atoms with E-state index in [-0.39, 0.29) is 12.1 Å². The molecule has 1 aliphatic heterocycles. The molecular weight excluding hydrogens is 238 g/mol. The van der Waals surface area contributed by atoms with Gasteiger partial charge in [-0.05, 0) is 25.7 Å². The first-order chi connectivity index (χ1) is 8.09. The lowest BCUT2D eigenvalue weighted by Crippen LogP contribution is -2.54. The van der Waals surface area contributed by atoms with Crippen LogP contribution in [0.4, 0.5) is 0 Å². The second-order valence-electron chi connectivity index (χ2n) is 5.14. The molecule has 1 saturated heterocycles. The quantitative estimate of drug-likeness (QED) is 0.780. The molecule has 3 N–H and O–H groups in total. The van der Waals surface area contributed by atoms with Gasteiger partial charge in [0.05, 0.1) is 0 Å². The van der Waals surface area contributed by atoms with E-state index in [0.717, 1.165) is 44.9 Å². The minimum absolute atomic E-state index is 0.0247. The SMILES string of the molecule is N[C@@H]1CCCCC1NS(=O)(=O)N1CCCCC1. The molecule has 2 aliphatic rings. The lowest BCUT2D eigenvalue weighted by Gasteiger charge is -2.33. The smallest absolute Gasteiger partial charge is 0.279 e. The predicted octanol–water partition coefficient (Wildman–Crippen LogP) is 0.577. The minimum atomic E-state index is -3.31. The molecule has 17 heavy (non-hydrogen) atoms. The van der Waals surface area contributed by atoms with E-state index in [1.807, 2.05) is 0 Å². The van der Waals surface area contributed by atoms with Crippen LogP contribution < -0.4 is 10.5 Å². The number of rotatable bonds is 3. The highest BCUT2D eigenvalue weighted by atomic mass is 32.2. The average Bonchev–Trinajstić information content (AvgIpc) is 2.33. The van der Waals surface area contributed by atoms with Gasteiger partial charge >= 0.3 is 0 Å². The summed E-state index contributed by atoms with van der Waals surface area (Å²) in [5, 5.41) is 0. The van der Waals surface area contributed by atoms with Crippen LogP contribution in [0.1, 0.15) is 44.9 Å². The number of nitrogens with zero attached hydrogens (tertiary/aromatic N) is 1. The zero-order chi connectivity index (χ0) is 12.3. The number of hydrogen-bond donors (Lipinski definition) is 2. The summed E-state index contributed by atoms with van der Waals surface area (Å²) in [7, 11) is -3.31. The Bertz CT molecular complexity index is 339. The van der Waals surface area contributed by atoms with Crippen LogP contribution in [0.25, 0.3) is 0 Å². The van der Waals surface area contributed by atoms with E-state index >= 15 is 0 Å². The molecule has 2 atom stereocenters. The standard InChI is InChI=1S/C11H23N3O2S/c12-10-6-2-3-7-11(10)13-17(15,16)14-8-4-1-5-9-14/h10-11,13H,1-9,12H2/t10-,11?/m1/s1. The second kappa shape index (κ2) is 5.65. The fraction of sp³-hybridized carbons (Fsp3) is 1.00. The van der Waals surface area contributed by atoms with Crippen molar-refractivity contribution in [2.45, 2.75) is 57.0 Å². The van der Waals surface area contributed by atoms with Gasteiger partial charge < -0.3 is 5.73 Å². The molecule has 0 amide bonds. The van der Waals surface area contributed by atoms with Crippen LogP contribution in [0.5, 0.6) is 0 Å². The summed E-state index contributed by atoms with van der Waals surface area (Å²) >= 11 is 0. The monoisotopic (exact) mass is 261 g/mol. The van der Waals surface area contributed by atoms with Crippen LogP contribution in [-0.2, 0) is 10.2 Å². The Balaban J connectivity index is 1.95. The number of nitrogens with one attached hydrogen (secondary N) is 1. The molecule has 1 unspecified atom stereocenters. The van der Waals surface area contributed by atoms with Crippen LogP contribution in [0.3, 0.4) is 0 Å². The van der Waals surface area contributed by atoms with Gasteiger partial charge in [-0.25, -0.2) is 0 Å². The Kier molecular flexibility index (Phi) is 4.41. The third-order valence-corrected chi connectivity index (χ3v) is 5.42. The first-order valence-corrected chi connectivity index (χ1v) is 8.06. The molecule has 1 saturated carbocycles. The molecule has 0 aromatic heterocycles. The highest BCUT2D eigenvalue weighted by Crippen LogP contribution is 2.19. The lowest BCUT2D eigenvalue weighted by molar-refractivity contribution is 0.319. The number of hydrogen-bond acceptors (Lipinski definition) is 3.